The van der Waals surface area contributed by atoms with Crippen LogP contribution in [0.4, 0.5) is 114 Å². The predicted octanol–water partition coefficient (Wildman–Crippen LogP) is 15.1. The van der Waals surface area contributed by atoms with Gasteiger partial charge in [-0.15, -0.1) is 17.6 Å². The molecule has 0 aliphatic rings. The SMILES string of the molecule is CF.CF.CF.Cc1cc(C)c(O)c(C=NC[C@](C)(CN=Cc2cc(C)cc(C(F)(F)C(F)(F)C(F)(F)C(F)(F)C(F)(F)C(F)(F)F)c2O)N=Cc2cc(C)cc(C(F)(F)F)c2O)c1.FC(F)(F)F.FC(F)F.[Fe+3]. The molecule has 3 aromatic carbocycles. The van der Waals surface area contributed by atoms with E-state index in [-0.39, 0.29) is 40.0 Å². The van der Waals surface area contributed by atoms with Crippen molar-refractivity contribution in [3.05, 3.63) is 86.5 Å². The molecule has 6 nitrogen and oxygen atoms in total. The number of aliphatic imine (C=N–C) groups is 3. The normalized spacial score (nSPS) is 13.5. The van der Waals surface area contributed by atoms with Crippen LogP contribution in [0, 0.1) is 27.7 Å². The summed E-state index contributed by atoms with van der Waals surface area (Å²) in [6.45, 7) is 1.76. The Morgan fingerprint density at radius 3 is 1.11 bits per heavy atom. The van der Waals surface area contributed by atoms with Gasteiger partial charge in [-0.25, -0.2) is 0 Å². The van der Waals surface area contributed by atoms with Crippen LogP contribution in [-0.4, -0.2) is 117 Å². The zero-order valence-electron chi connectivity index (χ0n) is 38.6. The summed E-state index contributed by atoms with van der Waals surface area (Å²) in [4.78, 5) is 12.2. The number of benzene rings is 3. The summed E-state index contributed by atoms with van der Waals surface area (Å²) in [6.07, 6.45) is -15.7. The first-order chi connectivity index (χ1) is 32.8. The van der Waals surface area contributed by atoms with E-state index in [1.807, 2.05) is 0 Å². The van der Waals surface area contributed by atoms with Gasteiger partial charge in [0.05, 0.1) is 51.3 Å². The molecule has 3 N–H and O–H groups in total. The topological polar surface area (TPSA) is 97.8 Å². The minimum atomic E-state index is -8.16. The first-order valence-corrected chi connectivity index (χ1v) is 18.7. The third-order valence-electron chi connectivity index (χ3n) is 8.46. The Hall–Kier alpha value is -5.23. The standard InChI is InChI=1S/C36H31F16N3O3.CF4.CHF3.3CH3F.Fe/c1-17-6-20(4)26(56)21(7-17)12-53-15-29(5,55-14-23-9-19(3)11-25(28(23)58)31(39,40)41)16-54-13-22-8-18(2)10-24(27(22)57)30(37,38)32(42,43)33(44,45)34(46,47)35(48,49)36(50,51)52;2-1(3,4)5;2-1(3)4;3*1-2;/h6-14,56-58H,15-16H2,1-5H3;;1H;3*1H3;/q;;;;;;+3/t29-;;;;;;/m1....../s1. The second kappa shape index (κ2) is 29.2. The third-order valence-corrected chi connectivity index (χ3v) is 8.46. The summed E-state index contributed by atoms with van der Waals surface area (Å²) in [5.41, 5.74) is -6.52. The second-order valence-corrected chi connectivity index (χ2v) is 14.3. The molecule has 0 heterocycles. The van der Waals surface area contributed by atoms with E-state index in [0.29, 0.717) is 51.0 Å². The van der Waals surface area contributed by atoms with E-state index in [1.54, 1.807) is 19.9 Å². The number of nitrogens with zero attached hydrogens (tertiary/aromatic N) is 3. The van der Waals surface area contributed by atoms with E-state index in [2.05, 4.69) is 15.0 Å². The van der Waals surface area contributed by atoms with E-state index >= 15 is 8.78 Å². The maximum Gasteiger partial charge on any atom is 3.00 e. The molecule has 0 spiro atoms. The number of halogens is 26. The van der Waals surface area contributed by atoms with Gasteiger partial charge in [-0.1, -0.05) is 6.07 Å². The summed E-state index contributed by atoms with van der Waals surface area (Å²) in [7, 11) is 1.50. The fraction of sp³-hybridized carbons (Fsp3) is 0.488. The van der Waals surface area contributed by atoms with E-state index < -0.39 is 113 Å². The average Bonchev–Trinajstić information content (AvgIpc) is 3.24. The Bertz CT molecular complexity index is 2270. The Labute approximate surface area is 413 Å². The number of phenolic OH excluding ortho intramolecular Hbond substituents is 3. The molecular weight excluding hydrogens is 1130 g/mol. The van der Waals surface area contributed by atoms with Crippen LogP contribution in [0.15, 0.2) is 51.4 Å². The summed E-state index contributed by atoms with van der Waals surface area (Å²) < 4.78 is 317. The van der Waals surface area contributed by atoms with Gasteiger partial charge in [0.25, 0.3) is 0 Å². The van der Waals surface area contributed by atoms with Gasteiger partial charge in [-0.3, -0.25) is 28.1 Å². The number of rotatable bonds is 13. The number of aryl methyl sites for hydroxylation is 4. The van der Waals surface area contributed by atoms with Crippen molar-refractivity contribution in [1.82, 2.24) is 0 Å². The molecule has 0 amide bonds. The van der Waals surface area contributed by atoms with E-state index in [0.717, 1.165) is 19.2 Å². The molecule has 1 radical (unpaired) electrons. The van der Waals surface area contributed by atoms with Gasteiger partial charge in [-0.2, -0.15) is 83.4 Å². The Kier molecular flexibility index (Phi) is 29.7. The predicted molar refractivity (Wildman–Crippen MR) is 214 cm³/mol. The third kappa shape index (κ3) is 20.1. The molecule has 425 valence electrons. The smallest absolute Gasteiger partial charge is 0.507 e. The molecule has 0 aliphatic carbocycles. The van der Waals surface area contributed by atoms with Crippen molar-refractivity contribution >= 4 is 18.6 Å². The number of aromatic hydroxyl groups is 3. The summed E-state index contributed by atoms with van der Waals surface area (Å²) >= 11 is 0. The molecule has 0 bridgehead atoms. The maximum atomic E-state index is 15.1. The van der Waals surface area contributed by atoms with Gasteiger partial charge in [0.2, 0.25) is 0 Å². The monoisotopic (exact) mass is 1170 g/mol. The summed E-state index contributed by atoms with van der Waals surface area (Å²) in [5.74, 6) is -42.3. The van der Waals surface area contributed by atoms with Crippen LogP contribution in [0.3, 0.4) is 0 Å². The summed E-state index contributed by atoms with van der Waals surface area (Å²) in [5, 5.41) is 31.2. The Morgan fingerprint density at radius 1 is 0.459 bits per heavy atom. The zero-order chi connectivity index (χ0) is 58.9. The van der Waals surface area contributed by atoms with Crippen molar-refractivity contribution in [2.75, 3.05) is 34.6 Å². The van der Waals surface area contributed by atoms with Gasteiger partial charge >= 0.3 is 72.1 Å². The van der Waals surface area contributed by atoms with Crippen molar-refractivity contribution in [3.63, 3.8) is 0 Å². The molecule has 0 aliphatic heterocycles. The van der Waals surface area contributed by atoms with Crippen LogP contribution in [0.25, 0.3) is 0 Å². The molecule has 1 atom stereocenters. The van der Waals surface area contributed by atoms with Crippen LogP contribution < -0.4 is 0 Å². The van der Waals surface area contributed by atoms with Gasteiger partial charge in [-0.05, 0) is 87.2 Å². The Balaban J connectivity index is -0.00000136. The quantitative estimate of drug-likeness (QED) is 0.0903. The maximum absolute atomic E-state index is 15.1. The van der Waals surface area contributed by atoms with Crippen LogP contribution in [0.5, 0.6) is 17.2 Å². The minimum Gasteiger partial charge on any atom is -0.507 e. The number of hydrogen-bond acceptors (Lipinski definition) is 6. The molecule has 3 aromatic rings. The van der Waals surface area contributed by atoms with E-state index in [1.165, 1.54) is 26.1 Å². The molecule has 0 saturated carbocycles. The first-order valence-electron chi connectivity index (χ1n) is 18.7. The number of hydrogen-bond donors (Lipinski definition) is 3. The molecular formula is C41H41F26FeN3O3+3. The van der Waals surface area contributed by atoms with E-state index in [4.69, 9.17) is 0 Å². The second-order valence-electron chi connectivity index (χ2n) is 14.3. The Morgan fingerprint density at radius 2 is 0.757 bits per heavy atom. The molecule has 0 aromatic heterocycles. The van der Waals surface area contributed by atoms with E-state index in [9.17, 15) is 121 Å². The molecule has 74 heavy (non-hydrogen) atoms. The largest absolute Gasteiger partial charge is 3.00 e. The average molecular weight is 1170 g/mol. The van der Waals surface area contributed by atoms with Crippen molar-refractivity contribution in [3.8, 4) is 17.2 Å². The first kappa shape index (κ1) is 75.3. The van der Waals surface area contributed by atoms with Crippen LogP contribution in [-0.2, 0) is 29.2 Å². The fourth-order valence-corrected chi connectivity index (χ4v) is 5.33. The molecule has 3 rings (SSSR count). The molecule has 0 saturated heterocycles. The fourth-order valence-electron chi connectivity index (χ4n) is 5.33. The van der Waals surface area contributed by atoms with Crippen LogP contribution in [0.2, 0.25) is 0 Å². The number of phenols is 3. The van der Waals surface area contributed by atoms with Gasteiger partial charge in [0, 0.05) is 35.3 Å². The number of alkyl halides is 26. The van der Waals surface area contributed by atoms with Crippen molar-refractivity contribution in [2.24, 2.45) is 15.0 Å². The van der Waals surface area contributed by atoms with Crippen molar-refractivity contribution < 1.29 is 147 Å². The van der Waals surface area contributed by atoms with Crippen molar-refractivity contribution in [2.45, 2.75) is 95.2 Å². The molecule has 33 heteroatoms. The molecule has 0 unspecified atom stereocenters. The molecule has 0 fully saturated rings. The van der Waals surface area contributed by atoms with Gasteiger partial charge in [0.1, 0.15) is 17.2 Å². The summed E-state index contributed by atoms with van der Waals surface area (Å²) in [6, 6.07) is 5.45. The van der Waals surface area contributed by atoms with Gasteiger partial charge < -0.3 is 15.3 Å². The van der Waals surface area contributed by atoms with Crippen molar-refractivity contribution in [1.29, 1.82) is 0 Å². The zero-order valence-corrected chi connectivity index (χ0v) is 39.7. The minimum absolute atomic E-state index is 0. The van der Waals surface area contributed by atoms with Crippen LogP contribution in [0.1, 0.15) is 57.0 Å². The van der Waals surface area contributed by atoms with Gasteiger partial charge in [0.15, 0.2) is 0 Å². The van der Waals surface area contributed by atoms with Crippen LogP contribution >= 0.6 is 0 Å².